The molecule has 2 heterocycles. The maximum Gasteiger partial charge on any atom is 0.224 e. The number of piperidine rings is 1. The molecule has 2 fully saturated rings. The highest BCUT2D eigenvalue weighted by atomic mass is 16.7. The fraction of sp³-hybridized carbons (Fsp3) is 1.00. The summed E-state index contributed by atoms with van der Waals surface area (Å²) in [5.74, 6) is -2.00. The highest BCUT2D eigenvalue weighted by molar-refractivity contribution is 4.99. The lowest BCUT2D eigenvalue weighted by molar-refractivity contribution is -0.337. The van der Waals surface area contributed by atoms with Crippen molar-refractivity contribution in [1.82, 2.24) is 5.06 Å². The van der Waals surface area contributed by atoms with Gasteiger partial charge in [-0.2, -0.15) is 5.06 Å². The topological polar surface area (TPSA) is 103 Å². The predicted molar refractivity (Wildman–Crippen MR) is 69.5 cm³/mol. The molecule has 20 heavy (non-hydrogen) atoms. The molecule has 118 valence electrons. The van der Waals surface area contributed by atoms with Gasteiger partial charge >= 0.3 is 0 Å². The van der Waals surface area contributed by atoms with Crippen LogP contribution in [0.1, 0.15) is 32.6 Å². The second-order valence-electron chi connectivity index (χ2n) is 5.52. The van der Waals surface area contributed by atoms with Crippen molar-refractivity contribution in [2.75, 3.05) is 19.7 Å². The molecule has 1 unspecified atom stereocenters. The van der Waals surface area contributed by atoms with Crippen LogP contribution in [0.15, 0.2) is 0 Å². The molecular formula is C13H25NO6. The van der Waals surface area contributed by atoms with E-state index in [4.69, 9.17) is 14.7 Å². The number of hydrogen-bond acceptors (Lipinski definition) is 7. The number of hydrogen-bond donors (Lipinski definition) is 4. The summed E-state index contributed by atoms with van der Waals surface area (Å²) in [5.41, 5.74) is 0. The molecule has 0 saturated carbocycles. The highest BCUT2D eigenvalue weighted by Crippen LogP contribution is 2.35. The third-order valence-electron chi connectivity index (χ3n) is 4.07. The Morgan fingerprint density at radius 1 is 1.30 bits per heavy atom. The molecule has 7 heteroatoms. The molecule has 2 saturated heterocycles. The van der Waals surface area contributed by atoms with Gasteiger partial charge in [0.2, 0.25) is 5.79 Å². The molecule has 0 amide bonds. The molecule has 0 aromatic rings. The van der Waals surface area contributed by atoms with Gasteiger partial charge in [-0.15, -0.1) is 0 Å². The molecule has 2 rings (SSSR count). The van der Waals surface area contributed by atoms with Gasteiger partial charge in [0.25, 0.3) is 0 Å². The molecule has 2 aliphatic rings. The maximum atomic E-state index is 10.5. The van der Waals surface area contributed by atoms with Crippen molar-refractivity contribution < 1.29 is 30.0 Å². The van der Waals surface area contributed by atoms with E-state index < -0.39 is 36.8 Å². The van der Waals surface area contributed by atoms with Crippen molar-refractivity contribution in [3.05, 3.63) is 0 Å². The van der Waals surface area contributed by atoms with Crippen LogP contribution in [0.2, 0.25) is 0 Å². The van der Waals surface area contributed by atoms with E-state index >= 15 is 0 Å². The van der Waals surface area contributed by atoms with Gasteiger partial charge in [-0.3, -0.25) is 4.84 Å². The molecule has 0 spiro atoms. The Kier molecular flexibility index (Phi) is 5.36. The van der Waals surface area contributed by atoms with E-state index in [-0.39, 0.29) is 0 Å². The number of aliphatic hydroxyl groups excluding tert-OH is 3. The lowest BCUT2D eigenvalue weighted by Crippen LogP contribution is -2.55. The van der Waals surface area contributed by atoms with E-state index in [1.807, 2.05) is 0 Å². The molecule has 0 aromatic heterocycles. The first kappa shape index (κ1) is 16.1. The summed E-state index contributed by atoms with van der Waals surface area (Å²) in [4.78, 5) is 5.74. The number of rotatable bonds is 5. The Hall–Kier alpha value is -0.280. The maximum absolute atomic E-state index is 10.5. The number of ether oxygens (including phenoxy) is 1. The number of nitrogens with zero attached hydrogens (tertiary/aromatic N) is 1. The Labute approximate surface area is 118 Å². The quantitative estimate of drug-likeness (QED) is 0.514. The summed E-state index contributed by atoms with van der Waals surface area (Å²) in [6.45, 7) is 2.88. The summed E-state index contributed by atoms with van der Waals surface area (Å²) < 4.78 is 5.27. The predicted octanol–water partition coefficient (Wildman–Crippen LogP) is -1.02. The van der Waals surface area contributed by atoms with Crippen molar-refractivity contribution in [2.45, 2.75) is 62.8 Å². The molecule has 0 bridgehead atoms. The van der Waals surface area contributed by atoms with Crippen LogP contribution in [0.5, 0.6) is 0 Å². The number of aliphatic hydroxyl groups is 4. The fourth-order valence-electron chi connectivity index (χ4n) is 2.83. The molecule has 4 N–H and O–H groups in total. The van der Waals surface area contributed by atoms with E-state index in [2.05, 4.69) is 0 Å². The van der Waals surface area contributed by atoms with Crippen molar-refractivity contribution in [3.63, 3.8) is 0 Å². The second-order valence-corrected chi connectivity index (χ2v) is 5.52. The fourth-order valence-corrected chi connectivity index (χ4v) is 2.83. The van der Waals surface area contributed by atoms with Crippen LogP contribution in [0, 0.1) is 0 Å². The van der Waals surface area contributed by atoms with Gasteiger partial charge in [0.05, 0.1) is 6.61 Å². The third kappa shape index (κ3) is 2.99. The average Bonchev–Trinajstić information content (AvgIpc) is 2.70. The second kappa shape index (κ2) is 6.65. The van der Waals surface area contributed by atoms with Gasteiger partial charge in [-0.25, -0.2) is 0 Å². The summed E-state index contributed by atoms with van der Waals surface area (Å²) in [6, 6.07) is 0. The largest absolute Gasteiger partial charge is 0.394 e. The molecule has 0 aromatic carbocycles. The lowest BCUT2D eigenvalue weighted by Gasteiger charge is -2.37. The van der Waals surface area contributed by atoms with Crippen LogP contribution in [0.4, 0.5) is 0 Å². The van der Waals surface area contributed by atoms with Gasteiger partial charge in [0.15, 0.2) is 0 Å². The van der Waals surface area contributed by atoms with Crippen LogP contribution in [0.25, 0.3) is 0 Å². The minimum absolute atomic E-state index is 0.412. The minimum Gasteiger partial charge on any atom is -0.394 e. The van der Waals surface area contributed by atoms with Gasteiger partial charge < -0.3 is 25.2 Å². The zero-order valence-electron chi connectivity index (χ0n) is 11.8. The third-order valence-corrected chi connectivity index (χ3v) is 4.07. The average molecular weight is 291 g/mol. The zero-order valence-corrected chi connectivity index (χ0v) is 11.8. The van der Waals surface area contributed by atoms with Gasteiger partial charge in [0.1, 0.15) is 24.4 Å². The zero-order chi connectivity index (χ0) is 14.8. The van der Waals surface area contributed by atoms with Crippen molar-refractivity contribution in [1.29, 1.82) is 0 Å². The van der Waals surface area contributed by atoms with Crippen LogP contribution in [0.3, 0.4) is 0 Å². The molecular weight excluding hydrogens is 266 g/mol. The molecule has 0 aliphatic carbocycles. The molecule has 2 aliphatic heterocycles. The van der Waals surface area contributed by atoms with Crippen LogP contribution >= 0.6 is 0 Å². The first-order valence-electron chi connectivity index (χ1n) is 7.31. The van der Waals surface area contributed by atoms with Crippen molar-refractivity contribution in [2.24, 2.45) is 0 Å². The van der Waals surface area contributed by atoms with E-state index in [0.29, 0.717) is 6.42 Å². The summed E-state index contributed by atoms with van der Waals surface area (Å²) in [6.07, 6.45) is -1.00. The summed E-state index contributed by atoms with van der Waals surface area (Å²) in [7, 11) is 0. The van der Waals surface area contributed by atoms with E-state index in [1.54, 1.807) is 12.0 Å². The van der Waals surface area contributed by atoms with Crippen LogP contribution in [-0.4, -0.2) is 75.4 Å². The Bertz CT molecular complexity index is 311. The van der Waals surface area contributed by atoms with Crippen LogP contribution in [-0.2, 0) is 9.57 Å². The van der Waals surface area contributed by atoms with E-state index in [9.17, 15) is 15.3 Å². The van der Waals surface area contributed by atoms with Crippen molar-refractivity contribution >= 4 is 0 Å². The normalized spacial score (nSPS) is 41.0. The number of hydroxylamine groups is 2. The van der Waals surface area contributed by atoms with Gasteiger partial charge in [-0.1, -0.05) is 13.3 Å². The van der Waals surface area contributed by atoms with E-state index in [1.165, 1.54) is 0 Å². The smallest absolute Gasteiger partial charge is 0.224 e. The van der Waals surface area contributed by atoms with Gasteiger partial charge in [-0.05, 0) is 19.3 Å². The highest BCUT2D eigenvalue weighted by Gasteiger charge is 2.58. The first-order valence-corrected chi connectivity index (χ1v) is 7.31. The Balaban J connectivity index is 2.05. The monoisotopic (exact) mass is 291 g/mol. The van der Waals surface area contributed by atoms with E-state index in [0.717, 1.165) is 32.4 Å². The lowest BCUT2D eigenvalue weighted by atomic mass is 9.99. The SMILES string of the molecule is CCC(ON1CCCCC1)[C@@]1(O)O[C@@H](CO)[C@@H](O)[C@@H]1O. The van der Waals surface area contributed by atoms with Crippen LogP contribution < -0.4 is 0 Å². The molecule has 5 atom stereocenters. The summed E-state index contributed by atoms with van der Waals surface area (Å²) in [5, 5.41) is 41.2. The minimum atomic E-state index is -2.00. The first-order chi connectivity index (χ1) is 9.52. The summed E-state index contributed by atoms with van der Waals surface area (Å²) >= 11 is 0. The Morgan fingerprint density at radius 2 is 1.95 bits per heavy atom. The standard InChI is InChI=1S/C13H25NO6/c1-2-10(20-14-6-4-3-5-7-14)13(18)12(17)11(16)9(8-15)19-13/h9-12,15-18H,2-8H2,1H3/t9-,10?,11+,12-,13+/m0/s1. The Morgan fingerprint density at radius 3 is 2.45 bits per heavy atom. The molecule has 7 nitrogen and oxygen atoms in total. The van der Waals surface area contributed by atoms with Crippen molar-refractivity contribution in [3.8, 4) is 0 Å². The molecule has 0 radical (unpaired) electrons. The van der Waals surface area contributed by atoms with Gasteiger partial charge in [0, 0.05) is 13.1 Å².